The molecule has 8 aromatic carbocycles. The van der Waals surface area contributed by atoms with Crippen LogP contribution in [-0.2, 0) is 10.8 Å². The van der Waals surface area contributed by atoms with Crippen molar-refractivity contribution in [3.05, 3.63) is 186 Å². The molecule has 0 amide bonds. The van der Waals surface area contributed by atoms with Crippen LogP contribution in [0.25, 0.3) is 93.9 Å². The molecule has 2 aromatic heterocycles. The van der Waals surface area contributed by atoms with E-state index in [1.807, 2.05) is 0 Å². The molecule has 0 atom stereocenters. The van der Waals surface area contributed by atoms with Gasteiger partial charge in [0.1, 0.15) is 11.2 Å². The van der Waals surface area contributed by atoms with E-state index in [1.165, 1.54) is 94.3 Å². The van der Waals surface area contributed by atoms with E-state index in [1.54, 1.807) is 0 Å². The van der Waals surface area contributed by atoms with E-state index in [0.29, 0.717) is 0 Å². The number of nitrogens with zero attached hydrogens (tertiary/aromatic N) is 1. The Balaban J connectivity index is 1.01. The van der Waals surface area contributed by atoms with Crippen LogP contribution in [0.2, 0.25) is 0 Å². The lowest BCUT2D eigenvalue weighted by molar-refractivity contribution is 0.639. The Hall–Kier alpha value is -6.64. The summed E-state index contributed by atoms with van der Waals surface area (Å²) < 4.78 is 8.78. The minimum atomic E-state index is -0.115. The second-order valence-corrected chi connectivity index (χ2v) is 16.9. The minimum absolute atomic E-state index is 0.113. The lowest BCUT2D eigenvalue weighted by Gasteiger charge is -2.26. The summed E-state index contributed by atoms with van der Waals surface area (Å²) >= 11 is 0. The van der Waals surface area contributed by atoms with Gasteiger partial charge in [-0.25, -0.2) is 0 Å². The van der Waals surface area contributed by atoms with Crippen molar-refractivity contribution in [2.45, 2.75) is 38.5 Å². The molecule has 2 heteroatoms. The van der Waals surface area contributed by atoms with Gasteiger partial charge in [-0.05, 0) is 127 Å². The number of hydrogen-bond donors (Lipinski definition) is 0. The van der Waals surface area contributed by atoms with Crippen molar-refractivity contribution in [2.75, 3.05) is 0 Å². The van der Waals surface area contributed by atoms with Crippen LogP contribution in [0.5, 0.6) is 0 Å². The Morgan fingerprint density at radius 1 is 0.357 bits per heavy atom. The predicted octanol–water partition coefficient (Wildman–Crippen LogP) is 14.6. The highest BCUT2D eigenvalue weighted by Crippen LogP contribution is 2.57. The van der Waals surface area contributed by atoms with Gasteiger partial charge < -0.3 is 8.98 Å². The van der Waals surface area contributed by atoms with Crippen LogP contribution in [0.1, 0.15) is 49.9 Å². The number of para-hydroxylation sites is 2. The molecular formula is C54H39NO. The van der Waals surface area contributed by atoms with Gasteiger partial charge in [-0.15, -0.1) is 0 Å². The SMILES string of the molecule is CC1(C)c2ccc(-c3ccc4oc5ccc(-c6ccccc6)cc5c4c3)cc2-c2cc3c(cc21)C(C)(C)c1ccc(-n2c4ccccc4c4ccccc42)cc1-3. The van der Waals surface area contributed by atoms with Crippen LogP contribution in [0.4, 0.5) is 0 Å². The molecule has 2 heterocycles. The molecule has 56 heavy (non-hydrogen) atoms. The highest BCUT2D eigenvalue weighted by molar-refractivity contribution is 6.10. The normalized spacial score (nSPS) is 14.7. The highest BCUT2D eigenvalue weighted by atomic mass is 16.3. The summed E-state index contributed by atoms with van der Waals surface area (Å²) in [7, 11) is 0. The molecule has 0 N–H and O–H groups in total. The third-order valence-corrected chi connectivity index (χ3v) is 13.2. The van der Waals surface area contributed by atoms with Gasteiger partial charge in [0, 0.05) is 38.1 Å². The number of hydrogen-bond acceptors (Lipinski definition) is 1. The maximum atomic E-state index is 6.34. The fourth-order valence-electron chi connectivity index (χ4n) is 10.3. The Bertz CT molecular complexity index is 3240. The Kier molecular flexibility index (Phi) is 6.22. The van der Waals surface area contributed by atoms with E-state index >= 15 is 0 Å². The monoisotopic (exact) mass is 717 g/mol. The van der Waals surface area contributed by atoms with Gasteiger partial charge in [-0.2, -0.15) is 0 Å². The average Bonchev–Trinajstić information content (AvgIpc) is 3.90. The fourth-order valence-corrected chi connectivity index (χ4v) is 10.3. The highest BCUT2D eigenvalue weighted by Gasteiger charge is 2.42. The summed E-state index contributed by atoms with van der Waals surface area (Å²) in [6, 6.07) is 60.7. The van der Waals surface area contributed by atoms with Crippen LogP contribution in [0.15, 0.2) is 168 Å². The molecule has 0 fully saturated rings. The summed E-state index contributed by atoms with van der Waals surface area (Å²) in [6.07, 6.45) is 0. The Morgan fingerprint density at radius 3 is 1.46 bits per heavy atom. The molecule has 266 valence electrons. The van der Waals surface area contributed by atoms with Gasteiger partial charge in [0.25, 0.3) is 0 Å². The lowest BCUT2D eigenvalue weighted by atomic mass is 9.77. The molecule has 10 aromatic rings. The van der Waals surface area contributed by atoms with Crippen LogP contribution in [0.3, 0.4) is 0 Å². The van der Waals surface area contributed by atoms with Crippen molar-refractivity contribution in [1.82, 2.24) is 4.57 Å². The summed E-state index contributed by atoms with van der Waals surface area (Å²) in [5.41, 5.74) is 21.1. The van der Waals surface area contributed by atoms with E-state index in [2.05, 4.69) is 196 Å². The largest absolute Gasteiger partial charge is 0.456 e. The van der Waals surface area contributed by atoms with Gasteiger partial charge >= 0.3 is 0 Å². The second kappa shape index (κ2) is 11.0. The molecule has 0 radical (unpaired) electrons. The smallest absolute Gasteiger partial charge is 0.135 e. The first-order valence-corrected chi connectivity index (χ1v) is 19.8. The first-order chi connectivity index (χ1) is 27.3. The second-order valence-electron chi connectivity index (χ2n) is 16.9. The third kappa shape index (κ3) is 4.22. The van der Waals surface area contributed by atoms with Gasteiger partial charge in [0.2, 0.25) is 0 Å². The van der Waals surface area contributed by atoms with Crippen molar-refractivity contribution in [2.24, 2.45) is 0 Å². The molecule has 0 saturated heterocycles. The quantitative estimate of drug-likeness (QED) is 0.178. The first-order valence-electron chi connectivity index (χ1n) is 19.8. The van der Waals surface area contributed by atoms with Crippen LogP contribution in [0, 0.1) is 0 Å². The Morgan fingerprint density at radius 2 is 0.839 bits per heavy atom. The standard InChI is InChI=1S/C54H39NO/c1-53(2)45-22-18-34(35-20-25-52-44(28-35)43-27-33(19-24-51(43)56-52)32-12-6-5-7-13-32)26-39(45)41-30-42-40-29-36(21-23-46(40)54(3,4)48(42)31-47(41)53)55-49-16-10-8-14-37(49)38-15-9-11-17-50(38)55/h5-31H,1-4H3. The molecule has 2 aliphatic rings. The first kappa shape index (κ1) is 31.7. The summed E-state index contributed by atoms with van der Waals surface area (Å²) in [6.45, 7) is 9.59. The van der Waals surface area contributed by atoms with Crippen LogP contribution in [-0.4, -0.2) is 4.57 Å². The zero-order chi connectivity index (χ0) is 37.5. The van der Waals surface area contributed by atoms with E-state index in [0.717, 1.165) is 21.9 Å². The number of rotatable bonds is 3. The topological polar surface area (TPSA) is 18.1 Å². The van der Waals surface area contributed by atoms with E-state index < -0.39 is 0 Å². The van der Waals surface area contributed by atoms with Crippen LogP contribution < -0.4 is 0 Å². The average molecular weight is 718 g/mol. The predicted molar refractivity (Wildman–Crippen MR) is 234 cm³/mol. The van der Waals surface area contributed by atoms with E-state index in [4.69, 9.17) is 4.42 Å². The fraction of sp³-hybridized carbons (Fsp3) is 0.111. The molecule has 0 bridgehead atoms. The molecule has 0 aliphatic heterocycles. The van der Waals surface area contributed by atoms with Gasteiger partial charge in [-0.1, -0.05) is 131 Å². The van der Waals surface area contributed by atoms with Crippen LogP contribution >= 0.6 is 0 Å². The maximum Gasteiger partial charge on any atom is 0.135 e. The summed E-state index contributed by atoms with van der Waals surface area (Å²) in [4.78, 5) is 0. The molecule has 2 nitrogen and oxygen atoms in total. The van der Waals surface area contributed by atoms with Gasteiger partial charge in [0.05, 0.1) is 11.0 Å². The molecule has 0 unspecified atom stereocenters. The summed E-state index contributed by atoms with van der Waals surface area (Å²) in [5, 5.41) is 4.86. The molecule has 0 saturated carbocycles. The zero-order valence-corrected chi connectivity index (χ0v) is 31.9. The molecule has 2 aliphatic carbocycles. The molecular weight excluding hydrogens is 679 g/mol. The zero-order valence-electron chi connectivity index (χ0n) is 31.9. The van der Waals surface area contributed by atoms with Gasteiger partial charge in [-0.3, -0.25) is 0 Å². The van der Waals surface area contributed by atoms with Crippen molar-refractivity contribution in [3.8, 4) is 50.2 Å². The third-order valence-electron chi connectivity index (χ3n) is 13.2. The molecule has 12 rings (SSSR count). The molecule has 0 spiro atoms. The Labute approximate surface area is 326 Å². The number of furan rings is 1. The number of fused-ring (bicyclic) bond motifs is 12. The number of benzene rings is 8. The lowest BCUT2D eigenvalue weighted by Crippen LogP contribution is -2.18. The van der Waals surface area contributed by atoms with E-state index in [9.17, 15) is 0 Å². The maximum absolute atomic E-state index is 6.34. The van der Waals surface area contributed by atoms with E-state index in [-0.39, 0.29) is 10.8 Å². The summed E-state index contributed by atoms with van der Waals surface area (Å²) in [5.74, 6) is 0. The van der Waals surface area contributed by atoms with Crippen molar-refractivity contribution < 1.29 is 4.42 Å². The minimum Gasteiger partial charge on any atom is -0.456 e. The van der Waals surface area contributed by atoms with Crippen molar-refractivity contribution in [1.29, 1.82) is 0 Å². The number of aromatic nitrogens is 1. The van der Waals surface area contributed by atoms with Crippen molar-refractivity contribution >= 4 is 43.7 Å². The van der Waals surface area contributed by atoms with Crippen molar-refractivity contribution in [3.63, 3.8) is 0 Å². The van der Waals surface area contributed by atoms with Gasteiger partial charge in [0.15, 0.2) is 0 Å².